The van der Waals surface area contributed by atoms with Crippen LogP contribution in [0.2, 0.25) is 0 Å². The molecule has 3 atom stereocenters. The molecule has 3 heteroatoms. The van der Waals surface area contributed by atoms with Crippen molar-refractivity contribution >= 4 is 5.78 Å². The van der Waals surface area contributed by atoms with Crippen molar-refractivity contribution in [2.75, 3.05) is 19.8 Å². The van der Waals surface area contributed by atoms with E-state index in [4.69, 9.17) is 9.47 Å². The number of carbonyl (C=O) groups is 1. The standard InChI is InChI=1S/C15H20O3/c1-8-4-5-18-15-13(8)10(3)12-9(2)6-17-7-11(12)14(15)16/h8-10H,4-7H2,1-3H3. The molecule has 3 rings (SSSR count). The van der Waals surface area contributed by atoms with Crippen molar-refractivity contribution in [3.63, 3.8) is 0 Å². The van der Waals surface area contributed by atoms with E-state index in [9.17, 15) is 4.79 Å². The van der Waals surface area contributed by atoms with Crippen LogP contribution in [-0.4, -0.2) is 25.6 Å². The molecule has 2 heterocycles. The van der Waals surface area contributed by atoms with E-state index in [1.807, 2.05) is 0 Å². The van der Waals surface area contributed by atoms with E-state index in [1.165, 1.54) is 11.1 Å². The summed E-state index contributed by atoms with van der Waals surface area (Å²) in [7, 11) is 0. The van der Waals surface area contributed by atoms with Crippen LogP contribution in [0.25, 0.3) is 0 Å². The molecule has 0 fully saturated rings. The molecule has 3 unspecified atom stereocenters. The molecule has 0 aromatic rings. The van der Waals surface area contributed by atoms with Crippen molar-refractivity contribution in [2.24, 2.45) is 17.8 Å². The number of hydrogen-bond donors (Lipinski definition) is 0. The Hall–Kier alpha value is -1.09. The predicted octanol–water partition coefficient (Wildman–Crippen LogP) is 2.48. The summed E-state index contributed by atoms with van der Waals surface area (Å²) in [5.41, 5.74) is 3.37. The molecule has 18 heavy (non-hydrogen) atoms. The van der Waals surface area contributed by atoms with E-state index in [0.29, 0.717) is 36.7 Å². The van der Waals surface area contributed by atoms with Gasteiger partial charge in [0.1, 0.15) is 0 Å². The normalized spacial score (nSPS) is 36.2. The van der Waals surface area contributed by atoms with E-state index in [-0.39, 0.29) is 5.78 Å². The lowest BCUT2D eigenvalue weighted by atomic mass is 9.71. The van der Waals surface area contributed by atoms with Crippen molar-refractivity contribution in [3.05, 3.63) is 22.5 Å². The van der Waals surface area contributed by atoms with Crippen molar-refractivity contribution in [2.45, 2.75) is 27.2 Å². The summed E-state index contributed by atoms with van der Waals surface area (Å²) < 4.78 is 11.2. The number of allylic oxidation sites excluding steroid dienone is 2. The molecular weight excluding hydrogens is 228 g/mol. The molecule has 0 spiro atoms. The first-order chi connectivity index (χ1) is 8.61. The SMILES string of the molecule is CC1COCC2=C1C(C)C1=C(OCCC1C)C2=O. The molecule has 98 valence electrons. The summed E-state index contributed by atoms with van der Waals surface area (Å²) in [6, 6.07) is 0. The van der Waals surface area contributed by atoms with Gasteiger partial charge in [-0.1, -0.05) is 20.8 Å². The molecule has 0 aromatic heterocycles. The number of ketones is 1. The second kappa shape index (κ2) is 4.23. The quantitative estimate of drug-likeness (QED) is 0.660. The summed E-state index contributed by atoms with van der Waals surface area (Å²) in [4.78, 5) is 12.5. The molecule has 0 saturated carbocycles. The Labute approximate surface area is 108 Å². The molecule has 0 amide bonds. The molecule has 0 N–H and O–H groups in total. The Bertz CT molecular complexity index is 418. The Kier molecular flexibility index (Phi) is 2.81. The summed E-state index contributed by atoms with van der Waals surface area (Å²) in [6.07, 6.45) is 1.02. The summed E-state index contributed by atoms with van der Waals surface area (Å²) in [6.45, 7) is 8.42. The molecule has 0 bridgehead atoms. The minimum absolute atomic E-state index is 0.0798. The fourth-order valence-corrected chi connectivity index (χ4v) is 3.62. The minimum atomic E-state index is 0.0798. The smallest absolute Gasteiger partial charge is 0.225 e. The van der Waals surface area contributed by atoms with E-state index in [1.54, 1.807) is 0 Å². The van der Waals surface area contributed by atoms with E-state index >= 15 is 0 Å². The lowest BCUT2D eigenvalue weighted by Gasteiger charge is -2.39. The number of hydrogen-bond acceptors (Lipinski definition) is 3. The maximum absolute atomic E-state index is 12.5. The molecule has 3 aliphatic rings. The van der Waals surface area contributed by atoms with Gasteiger partial charge in [-0.2, -0.15) is 0 Å². The molecule has 2 aliphatic heterocycles. The summed E-state index contributed by atoms with van der Waals surface area (Å²) in [5, 5.41) is 0. The van der Waals surface area contributed by atoms with E-state index in [2.05, 4.69) is 20.8 Å². The van der Waals surface area contributed by atoms with Crippen molar-refractivity contribution < 1.29 is 14.3 Å². The fourth-order valence-electron chi connectivity index (χ4n) is 3.62. The number of rotatable bonds is 0. The van der Waals surface area contributed by atoms with Gasteiger partial charge in [0.15, 0.2) is 5.76 Å². The van der Waals surface area contributed by atoms with Crippen molar-refractivity contribution in [3.8, 4) is 0 Å². The van der Waals surface area contributed by atoms with Crippen LogP contribution in [-0.2, 0) is 14.3 Å². The van der Waals surface area contributed by atoms with E-state index in [0.717, 1.165) is 18.6 Å². The van der Waals surface area contributed by atoms with Gasteiger partial charge in [-0.05, 0) is 23.5 Å². The topological polar surface area (TPSA) is 35.5 Å². The van der Waals surface area contributed by atoms with Gasteiger partial charge in [-0.15, -0.1) is 0 Å². The third-order valence-corrected chi connectivity index (χ3v) is 4.50. The summed E-state index contributed by atoms with van der Waals surface area (Å²) >= 11 is 0. The Morgan fingerprint density at radius 3 is 2.67 bits per heavy atom. The molecule has 0 saturated heterocycles. The molecule has 0 aromatic carbocycles. The highest BCUT2D eigenvalue weighted by molar-refractivity contribution is 6.09. The maximum atomic E-state index is 12.5. The van der Waals surface area contributed by atoms with Gasteiger partial charge < -0.3 is 9.47 Å². The lowest BCUT2D eigenvalue weighted by molar-refractivity contribution is -0.117. The van der Waals surface area contributed by atoms with Crippen LogP contribution in [0.3, 0.4) is 0 Å². The third-order valence-electron chi connectivity index (χ3n) is 4.50. The Balaban J connectivity index is 2.09. The molecular formula is C15H20O3. The second-order valence-electron chi connectivity index (χ2n) is 5.72. The highest BCUT2D eigenvalue weighted by atomic mass is 16.5. The first-order valence-corrected chi connectivity index (χ1v) is 6.83. The zero-order valence-electron chi connectivity index (χ0n) is 11.3. The van der Waals surface area contributed by atoms with Gasteiger partial charge in [0.05, 0.1) is 19.8 Å². The largest absolute Gasteiger partial charge is 0.489 e. The van der Waals surface area contributed by atoms with Gasteiger partial charge in [0, 0.05) is 17.4 Å². The van der Waals surface area contributed by atoms with Crippen molar-refractivity contribution in [1.82, 2.24) is 0 Å². The maximum Gasteiger partial charge on any atom is 0.225 e. The lowest BCUT2D eigenvalue weighted by Crippen LogP contribution is -2.36. The first kappa shape index (κ1) is 12.0. The summed E-state index contributed by atoms with van der Waals surface area (Å²) in [5.74, 6) is 1.84. The highest BCUT2D eigenvalue weighted by Gasteiger charge is 2.41. The number of ether oxygens (including phenoxy) is 2. The predicted molar refractivity (Wildman–Crippen MR) is 67.9 cm³/mol. The van der Waals surface area contributed by atoms with Crippen molar-refractivity contribution in [1.29, 1.82) is 0 Å². The van der Waals surface area contributed by atoms with Crippen LogP contribution in [0.4, 0.5) is 0 Å². The van der Waals surface area contributed by atoms with Gasteiger partial charge in [0.2, 0.25) is 5.78 Å². The van der Waals surface area contributed by atoms with Crippen LogP contribution in [0.15, 0.2) is 22.5 Å². The second-order valence-corrected chi connectivity index (χ2v) is 5.72. The van der Waals surface area contributed by atoms with Gasteiger partial charge in [-0.3, -0.25) is 4.79 Å². The minimum Gasteiger partial charge on any atom is -0.489 e. The van der Waals surface area contributed by atoms with E-state index < -0.39 is 0 Å². The average Bonchev–Trinajstić information content (AvgIpc) is 2.35. The Morgan fingerprint density at radius 1 is 1.11 bits per heavy atom. The zero-order valence-corrected chi connectivity index (χ0v) is 11.3. The first-order valence-electron chi connectivity index (χ1n) is 6.83. The van der Waals surface area contributed by atoms with Crippen LogP contribution < -0.4 is 0 Å². The Morgan fingerprint density at radius 2 is 1.89 bits per heavy atom. The van der Waals surface area contributed by atoms with Gasteiger partial charge in [0.25, 0.3) is 0 Å². The zero-order chi connectivity index (χ0) is 12.9. The fraction of sp³-hybridized carbons (Fsp3) is 0.667. The molecule has 1 aliphatic carbocycles. The van der Waals surface area contributed by atoms with Crippen LogP contribution in [0.5, 0.6) is 0 Å². The van der Waals surface area contributed by atoms with Crippen LogP contribution in [0, 0.1) is 17.8 Å². The van der Waals surface area contributed by atoms with Gasteiger partial charge >= 0.3 is 0 Å². The van der Waals surface area contributed by atoms with Crippen LogP contribution in [0.1, 0.15) is 27.2 Å². The van der Waals surface area contributed by atoms with Gasteiger partial charge in [-0.25, -0.2) is 0 Å². The van der Waals surface area contributed by atoms with Crippen LogP contribution >= 0.6 is 0 Å². The average molecular weight is 248 g/mol. The third kappa shape index (κ3) is 1.57. The highest BCUT2D eigenvalue weighted by Crippen LogP contribution is 2.44. The monoisotopic (exact) mass is 248 g/mol. The number of Topliss-reactive ketones (excluding diaryl/α,β-unsaturated/α-hetero) is 1. The number of carbonyl (C=O) groups excluding carboxylic acids is 1. The molecule has 0 radical (unpaired) electrons. The molecule has 3 nitrogen and oxygen atoms in total.